The summed E-state index contributed by atoms with van der Waals surface area (Å²) in [4.78, 5) is 22.2. The van der Waals surface area contributed by atoms with Gasteiger partial charge in [0.15, 0.2) is 5.82 Å². The van der Waals surface area contributed by atoms with E-state index < -0.39 is 5.82 Å². The lowest BCUT2D eigenvalue weighted by Gasteiger charge is -2.47. The molecule has 4 rings (SSSR count). The molecule has 126 valence electrons. The van der Waals surface area contributed by atoms with Crippen LogP contribution in [0.2, 0.25) is 0 Å². The minimum atomic E-state index is -0.441. The molecule has 24 heavy (non-hydrogen) atoms. The van der Waals surface area contributed by atoms with E-state index in [0.717, 1.165) is 12.2 Å². The SMILES string of the molecule is Cn1cnc(C(=O)N2CC3(CC(Oc4ncccc4F)CS3)C2)c1. The molecule has 2 aliphatic heterocycles. The van der Waals surface area contributed by atoms with Crippen molar-refractivity contribution in [3.8, 4) is 5.88 Å². The number of aryl methyl sites for hydroxylation is 1. The molecule has 2 aliphatic rings. The number of imidazole rings is 1. The van der Waals surface area contributed by atoms with Crippen LogP contribution in [0.15, 0.2) is 30.9 Å². The van der Waals surface area contributed by atoms with E-state index in [9.17, 15) is 9.18 Å². The van der Waals surface area contributed by atoms with Crippen molar-refractivity contribution in [2.75, 3.05) is 18.8 Å². The van der Waals surface area contributed by atoms with Gasteiger partial charge in [0, 0.05) is 44.7 Å². The number of amides is 1. The van der Waals surface area contributed by atoms with Crippen molar-refractivity contribution in [1.82, 2.24) is 19.4 Å². The summed E-state index contributed by atoms with van der Waals surface area (Å²) in [7, 11) is 1.84. The maximum atomic E-state index is 13.6. The fourth-order valence-corrected chi connectivity index (χ4v) is 4.72. The van der Waals surface area contributed by atoms with Crippen LogP contribution in [-0.4, -0.2) is 55.0 Å². The Morgan fingerprint density at radius 3 is 3.00 bits per heavy atom. The zero-order valence-corrected chi connectivity index (χ0v) is 14.0. The number of carbonyl (C=O) groups excluding carboxylic acids is 1. The standard InChI is InChI=1S/C16H17FN4O2S/c1-20-6-13(19-10-20)15(22)21-8-16(9-21)5-11(7-24-16)23-14-12(17)3-2-4-18-14/h2-4,6,10-11H,5,7-9H2,1H3. The first-order chi connectivity index (χ1) is 11.5. The summed E-state index contributed by atoms with van der Waals surface area (Å²) >= 11 is 1.79. The molecule has 0 saturated carbocycles. The van der Waals surface area contributed by atoms with Gasteiger partial charge in [-0.25, -0.2) is 14.4 Å². The Morgan fingerprint density at radius 2 is 2.29 bits per heavy atom. The van der Waals surface area contributed by atoms with Gasteiger partial charge in [-0.05, 0) is 12.1 Å². The topological polar surface area (TPSA) is 60.2 Å². The Kier molecular flexibility index (Phi) is 3.71. The van der Waals surface area contributed by atoms with Crippen LogP contribution in [0.25, 0.3) is 0 Å². The number of halogens is 1. The molecule has 1 spiro atoms. The lowest BCUT2D eigenvalue weighted by atomic mass is 9.92. The molecule has 2 aromatic rings. The normalized spacial score (nSPS) is 21.8. The van der Waals surface area contributed by atoms with Crippen LogP contribution in [0.4, 0.5) is 4.39 Å². The zero-order valence-electron chi connectivity index (χ0n) is 13.2. The van der Waals surface area contributed by atoms with E-state index in [1.807, 2.05) is 7.05 Å². The lowest BCUT2D eigenvalue weighted by Crippen LogP contribution is -2.60. The Morgan fingerprint density at radius 1 is 1.46 bits per heavy atom. The molecule has 0 bridgehead atoms. The summed E-state index contributed by atoms with van der Waals surface area (Å²) in [5, 5.41) is 0. The molecule has 0 aliphatic carbocycles. The highest BCUT2D eigenvalue weighted by Gasteiger charge is 2.51. The number of carbonyl (C=O) groups is 1. The fourth-order valence-electron chi connectivity index (χ4n) is 3.19. The van der Waals surface area contributed by atoms with Crippen molar-refractivity contribution in [2.45, 2.75) is 17.3 Å². The van der Waals surface area contributed by atoms with Gasteiger partial charge in [0.25, 0.3) is 11.8 Å². The van der Waals surface area contributed by atoms with Gasteiger partial charge in [0.2, 0.25) is 0 Å². The number of aromatic nitrogens is 3. The summed E-state index contributed by atoms with van der Waals surface area (Å²) < 4.78 is 21.1. The molecular weight excluding hydrogens is 331 g/mol. The van der Waals surface area contributed by atoms with Crippen LogP contribution >= 0.6 is 11.8 Å². The highest BCUT2D eigenvalue weighted by Crippen LogP contribution is 2.46. The Labute approximate surface area is 143 Å². The zero-order chi connectivity index (χ0) is 16.7. The predicted molar refractivity (Wildman–Crippen MR) is 87.5 cm³/mol. The number of ether oxygens (including phenoxy) is 1. The van der Waals surface area contributed by atoms with Crippen molar-refractivity contribution in [3.63, 3.8) is 0 Å². The number of hydrogen-bond donors (Lipinski definition) is 0. The average Bonchev–Trinajstić information content (AvgIpc) is 3.14. The van der Waals surface area contributed by atoms with Crippen LogP contribution in [0.3, 0.4) is 0 Å². The van der Waals surface area contributed by atoms with Gasteiger partial charge >= 0.3 is 0 Å². The highest BCUT2D eigenvalue weighted by molar-refractivity contribution is 8.01. The molecule has 6 nitrogen and oxygen atoms in total. The second-order valence-corrected chi connectivity index (χ2v) is 7.80. The molecule has 0 N–H and O–H groups in total. The molecule has 4 heterocycles. The molecule has 2 saturated heterocycles. The van der Waals surface area contributed by atoms with E-state index in [-0.39, 0.29) is 22.6 Å². The number of thioether (sulfide) groups is 1. The van der Waals surface area contributed by atoms with E-state index in [2.05, 4.69) is 9.97 Å². The smallest absolute Gasteiger partial charge is 0.274 e. The number of pyridine rings is 1. The van der Waals surface area contributed by atoms with Crippen LogP contribution in [0.5, 0.6) is 5.88 Å². The molecule has 1 unspecified atom stereocenters. The van der Waals surface area contributed by atoms with Crippen LogP contribution < -0.4 is 4.74 Å². The molecule has 1 amide bonds. The van der Waals surface area contributed by atoms with Gasteiger partial charge in [-0.15, -0.1) is 11.8 Å². The predicted octanol–water partition coefficient (Wildman–Crippen LogP) is 1.73. The summed E-state index contributed by atoms with van der Waals surface area (Å²) in [6, 6.07) is 2.89. The second kappa shape index (κ2) is 5.77. The number of hydrogen-bond acceptors (Lipinski definition) is 5. The molecule has 1 atom stereocenters. The molecular formula is C16H17FN4O2S. The number of nitrogens with zero attached hydrogens (tertiary/aromatic N) is 4. The molecule has 8 heteroatoms. The van der Waals surface area contributed by atoms with E-state index in [4.69, 9.17) is 4.74 Å². The fraction of sp³-hybridized carbons (Fsp3) is 0.438. The Hall–Kier alpha value is -2.09. The van der Waals surface area contributed by atoms with Gasteiger partial charge in [0.1, 0.15) is 11.8 Å². The van der Waals surface area contributed by atoms with Gasteiger partial charge in [0.05, 0.1) is 11.1 Å². The van der Waals surface area contributed by atoms with E-state index in [1.165, 1.54) is 12.3 Å². The highest BCUT2D eigenvalue weighted by atomic mass is 32.2. The lowest BCUT2D eigenvalue weighted by molar-refractivity contribution is 0.0508. The second-order valence-electron chi connectivity index (χ2n) is 6.31. The number of rotatable bonds is 3. The molecule has 0 aromatic carbocycles. The van der Waals surface area contributed by atoms with Gasteiger partial charge in [-0.2, -0.15) is 0 Å². The van der Waals surface area contributed by atoms with Gasteiger partial charge < -0.3 is 14.2 Å². The number of likely N-dealkylation sites (tertiary alicyclic amines) is 1. The summed E-state index contributed by atoms with van der Waals surface area (Å²) in [5.41, 5.74) is 0.471. The van der Waals surface area contributed by atoms with Gasteiger partial charge in [-0.3, -0.25) is 4.79 Å². The van der Waals surface area contributed by atoms with E-state index >= 15 is 0 Å². The van der Waals surface area contributed by atoms with Crippen LogP contribution in [-0.2, 0) is 7.05 Å². The monoisotopic (exact) mass is 348 g/mol. The largest absolute Gasteiger partial charge is 0.471 e. The first kappa shape index (κ1) is 15.4. The third kappa shape index (κ3) is 2.75. The van der Waals surface area contributed by atoms with Gasteiger partial charge in [-0.1, -0.05) is 0 Å². The first-order valence-corrected chi connectivity index (χ1v) is 8.72. The maximum Gasteiger partial charge on any atom is 0.274 e. The van der Waals surface area contributed by atoms with E-state index in [1.54, 1.807) is 39.8 Å². The summed E-state index contributed by atoms with van der Waals surface area (Å²) in [6.45, 7) is 1.36. The van der Waals surface area contributed by atoms with Crippen LogP contribution in [0.1, 0.15) is 16.9 Å². The quantitative estimate of drug-likeness (QED) is 0.845. The Bertz CT molecular complexity index is 775. The first-order valence-electron chi connectivity index (χ1n) is 7.73. The average molecular weight is 348 g/mol. The molecule has 0 radical (unpaired) electrons. The molecule has 2 fully saturated rings. The van der Waals surface area contributed by atoms with Crippen molar-refractivity contribution in [1.29, 1.82) is 0 Å². The minimum Gasteiger partial charge on any atom is -0.471 e. The maximum absolute atomic E-state index is 13.6. The van der Waals surface area contributed by atoms with Crippen molar-refractivity contribution in [3.05, 3.63) is 42.4 Å². The van der Waals surface area contributed by atoms with E-state index in [0.29, 0.717) is 18.8 Å². The Balaban J connectivity index is 1.35. The van der Waals surface area contributed by atoms with Crippen LogP contribution in [0, 0.1) is 5.82 Å². The third-order valence-electron chi connectivity index (χ3n) is 4.35. The minimum absolute atomic E-state index is 0.0142. The summed E-state index contributed by atoms with van der Waals surface area (Å²) in [6.07, 6.45) is 5.59. The van der Waals surface area contributed by atoms with Crippen molar-refractivity contribution >= 4 is 17.7 Å². The summed E-state index contributed by atoms with van der Waals surface area (Å²) in [5.74, 6) is 0.355. The third-order valence-corrected chi connectivity index (χ3v) is 5.92. The molecule has 2 aromatic heterocycles. The van der Waals surface area contributed by atoms with Crippen molar-refractivity contribution < 1.29 is 13.9 Å². The van der Waals surface area contributed by atoms with Crippen molar-refractivity contribution in [2.24, 2.45) is 7.05 Å².